The van der Waals surface area contributed by atoms with Gasteiger partial charge >= 0.3 is 0 Å². The van der Waals surface area contributed by atoms with Gasteiger partial charge in [-0.05, 0) is 26.2 Å². The van der Waals surface area contributed by atoms with E-state index in [9.17, 15) is 0 Å². The summed E-state index contributed by atoms with van der Waals surface area (Å²) in [6, 6.07) is 5.31. The van der Waals surface area contributed by atoms with Gasteiger partial charge < -0.3 is 15.5 Å². The molecule has 0 aliphatic rings. The van der Waals surface area contributed by atoms with Crippen LogP contribution in [0.4, 0.5) is 17.5 Å². The Bertz CT molecular complexity index is 605. The zero-order valence-corrected chi connectivity index (χ0v) is 13.3. The Morgan fingerprint density at radius 2 is 2.05 bits per heavy atom. The third-order valence-electron chi connectivity index (χ3n) is 2.62. The molecule has 8 heteroatoms. The van der Waals surface area contributed by atoms with Crippen molar-refractivity contribution in [1.82, 2.24) is 20.1 Å². The number of likely N-dealkylation sites (N-methyl/N-ethyl adjacent to an activating group) is 1. The highest BCUT2D eigenvalue weighted by Crippen LogP contribution is 2.30. The average Bonchev–Trinajstić information content (AvgIpc) is 2.44. The molecule has 0 bridgehead atoms. The number of anilines is 3. The molecule has 0 aliphatic carbocycles. The van der Waals surface area contributed by atoms with E-state index in [2.05, 4.69) is 30.7 Å². The summed E-state index contributed by atoms with van der Waals surface area (Å²) in [5.41, 5.74) is 0.636. The lowest BCUT2D eigenvalue weighted by Gasteiger charge is -2.11. The first-order valence-electron chi connectivity index (χ1n) is 6.35. The molecule has 2 rings (SSSR count). The molecule has 0 amide bonds. The van der Waals surface area contributed by atoms with E-state index in [1.807, 2.05) is 14.1 Å². The number of nitrogens with one attached hydrogen (secondary N) is 2. The van der Waals surface area contributed by atoms with E-state index in [1.165, 1.54) is 0 Å². The summed E-state index contributed by atoms with van der Waals surface area (Å²) < 4.78 is 0. The van der Waals surface area contributed by atoms with E-state index in [-0.39, 0.29) is 0 Å². The van der Waals surface area contributed by atoms with E-state index < -0.39 is 0 Å². The molecule has 0 radical (unpaired) electrons. The molecule has 1 heterocycles. The number of halogens is 2. The van der Waals surface area contributed by atoms with Gasteiger partial charge in [0, 0.05) is 13.1 Å². The molecule has 21 heavy (non-hydrogen) atoms. The van der Waals surface area contributed by atoms with Crippen molar-refractivity contribution in [2.45, 2.75) is 0 Å². The number of hydrogen-bond donors (Lipinski definition) is 2. The van der Waals surface area contributed by atoms with Crippen molar-refractivity contribution in [2.24, 2.45) is 0 Å². The molecule has 0 spiro atoms. The third kappa shape index (κ3) is 4.70. The highest BCUT2D eigenvalue weighted by Gasteiger charge is 2.07. The molecule has 0 saturated carbocycles. The van der Waals surface area contributed by atoms with Crippen molar-refractivity contribution in [2.75, 3.05) is 37.8 Å². The first kappa shape index (κ1) is 15.8. The monoisotopic (exact) mass is 326 g/mol. The normalized spacial score (nSPS) is 10.7. The fraction of sp³-hybridized carbons (Fsp3) is 0.308. The predicted molar refractivity (Wildman–Crippen MR) is 86.6 cm³/mol. The summed E-state index contributed by atoms with van der Waals surface area (Å²) >= 11 is 12.1. The van der Waals surface area contributed by atoms with Gasteiger partial charge in [0.2, 0.25) is 5.95 Å². The standard InChI is InChI=1S/C13H16Cl2N6/c1-21(2)7-6-16-11-8-17-20-13(19-11)18-10-5-3-4-9(14)12(10)15/h3-5,8H,6-7H2,1-2H3,(H2,16,18,19,20). The van der Waals surface area contributed by atoms with Crippen LogP contribution < -0.4 is 10.6 Å². The molecule has 0 aliphatic heterocycles. The van der Waals surface area contributed by atoms with Gasteiger partial charge in [0.15, 0.2) is 5.82 Å². The molecular weight excluding hydrogens is 311 g/mol. The van der Waals surface area contributed by atoms with Crippen molar-refractivity contribution >= 4 is 40.7 Å². The summed E-state index contributed by atoms with van der Waals surface area (Å²) in [7, 11) is 4.02. The van der Waals surface area contributed by atoms with Gasteiger partial charge in [0.25, 0.3) is 0 Å². The lowest BCUT2D eigenvalue weighted by molar-refractivity contribution is 0.425. The van der Waals surface area contributed by atoms with E-state index in [1.54, 1.807) is 24.4 Å². The summed E-state index contributed by atoms with van der Waals surface area (Å²) in [5, 5.41) is 14.9. The number of benzene rings is 1. The smallest absolute Gasteiger partial charge is 0.249 e. The summed E-state index contributed by atoms with van der Waals surface area (Å²) in [4.78, 5) is 6.40. The number of nitrogens with zero attached hydrogens (tertiary/aromatic N) is 4. The highest BCUT2D eigenvalue weighted by atomic mass is 35.5. The Hall–Kier alpha value is -1.63. The van der Waals surface area contributed by atoms with Crippen molar-refractivity contribution in [1.29, 1.82) is 0 Å². The second kappa shape index (κ2) is 7.40. The largest absolute Gasteiger partial charge is 0.367 e. The quantitative estimate of drug-likeness (QED) is 0.850. The lowest BCUT2D eigenvalue weighted by atomic mass is 10.3. The molecule has 6 nitrogen and oxygen atoms in total. The van der Waals surface area contributed by atoms with E-state index in [4.69, 9.17) is 23.2 Å². The molecule has 0 fully saturated rings. The highest BCUT2D eigenvalue weighted by molar-refractivity contribution is 6.43. The maximum atomic E-state index is 6.11. The van der Waals surface area contributed by atoms with Crippen molar-refractivity contribution in [3.63, 3.8) is 0 Å². The van der Waals surface area contributed by atoms with Gasteiger partial charge in [-0.15, -0.1) is 5.10 Å². The zero-order valence-electron chi connectivity index (χ0n) is 11.8. The zero-order chi connectivity index (χ0) is 15.2. The maximum Gasteiger partial charge on any atom is 0.249 e. The topological polar surface area (TPSA) is 66.0 Å². The van der Waals surface area contributed by atoms with E-state index >= 15 is 0 Å². The van der Waals surface area contributed by atoms with Crippen LogP contribution in [0.3, 0.4) is 0 Å². The summed E-state index contributed by atoms with van der Waals surface area (Å²) in [5.74, 6) is 1.00. The minimum atomic E-state index is 0.356. The van der Waals surface area contributed by atoms with Gasteiger partial charge in [-0.2, -0.15) is 10.1 Å². The molecule has 0 atom stereocenters. The molecule has 0 saturated heterocycles. The van der Waals surface area contributed by atoms with Crippen LogP contribution in [0, 0.1) is 0 Å². The van der Waals surface area contributed by atoms with Gasteiger partial charge in [-0.3, -0.25) is 0 Å². The molecule has 1 aromatic carbocycles. The van der Waals surface area contributed by atoms with Crippen LogP contribution in [0.5, 0.6) is 0 Å². The molecule has 0 unspecified atom stereocenters. The molecular formula is C13H16Cl2N6. The number of aromatic nitrogens is 3. The molecule has 2 N–H and O–H groups in total. The van der Waals surface area contributed by atoms with Gasteiger partial charge in [0.1, 0.15) is 0 Å². The van der Waals surface area contributed by atoms with E-state index in [0.29, 0.717) is 27.5 Å². The van der Waals surface area contributed by atoms with Gasteiger partial charge in [-0.1, -0.05) is 29.3 Å². The van der Waals surface area contributed by atoms with Crippen molar-refractivity contribution < 1.29 is 0 Å². The van der Waals surface area contributed by atoms with Gasteiger partial charge in [-0.25, -0.2) is 0 Å². The second-order valence-corrected chi connectivity index (χ2v) is 5.41. The Morgan fingerprint density at radius 1 is 1.24 bits per heavy atom. The fourth-order valence-electron chi connectivity index (χ4n) is 1.57. The van der Waals surface area contributed by atoms with Crippen LogP contribution in [0.15, 0.2) is 24.4 Å². The fourth-order valence-corrected chi connectivity index (χ4v) is 1.92. The van der Waals surface area contributed by atoms with Crippen LogP contribution in [-0.2, 0) is 0 Å². The predicted octanol–water partition coefficient (Wildman–Crippen LogP) is 2.90. The van der Waals surface area contributed by atoms with Crippen LogP contribution in [0.2, 0.25) is 10.0 Å². The molecule has 1 aromatic heterocycles. The average molecular weight is 327 g/mol. The van der Waals surface area contributed by atoms with Crippen LogP contribution >= 0.6 is 23.2 Å². The van der Waals surface area contributed by atoms with Crippen LogP contribution in [-0.4, -0.2) is 47.3 Å². The minimum Gasteiger partial charge on any atom is -0.367 e. The van der Waals surface area contributed by atoms with Crippen molar-refractivity contribution in [3.05, 3.63) is 34.4 Å². The number of rotatable bonds is 6. The summed E-state index contributed by atoms with van der Waals surface area (Å²) in [6.45, 7) is 1.66. The Morgan fingerprint density at radius 3 is 2.81 bits per heavy atom. The Balaban J connectivity index is 2.05. The Kier molecular flexibility index (Phi) is 5.55. The van der Waals surface area contributed by atoms with Crippen molar-refractivity contribution in [3.8, 4) is 0 Å². The summed E-state index contributed by atoms with van der Waals surface area (Å²) in [6.07, 6.45) is 1.57. The minimum absolute atomic E-state index is 0.356. The number of hydrogen-bond acceptors (Lipinski definition) is 6. The maximum absolute atomic E-state index is 6.11. The van der Waals surface area contributed by atoms with Crippen LogP contribution in [0.1, 0.15) is 0 Å². The Labute approximate surface area is 133 Å². The second-order valence-electron chi connectivity index (χ2n) is 4.62. The third-order valence-corrected chi connectivity index (χ3v) is 3.44. The molecule has 2 aromatic rings. The SMILES string of the molecule is CN(C)CCNc1cnnc(Nc2cccc(Cl)c2Cl)n1. The molecule has 112 valence electrons. The first-order valence-corrected chi connectivity index (χ1v) is 7.11. The van der Waals surface area contributed by atoms with Crippen LogP contribution in [0.25, 0.3) is 0 Å². The van der Waals surface area contributed by atoms with Gasteiger partial charge in [0.05, 0.1) is 21.9 Å². The first-order chi connectivity index (χ1) is 10.1. The van der Waals surface area contributed by atoms with E-state index in [0.717, 1.165) is 13.1 Å². The lowest BCUT2D eigenvalue weighted by Crippen LogP contribution is -2.21.